The van der Waals surface area contributed by atoms with Crippen molar-refractivity contribution in [3.63, 3.8) is 0 Å². The predicted molar refractivity (Wildman–Crippen MR) is 68.6 cm³/mol. The number of hydrogen-bond acceptors (Lipinski definition) is 3. The van der Waals surface area contributed by atoms with Crippen LogP contribution in [-0.2, 0) is 16.1 Å². The van der Waals surface area contributed by atoms with Gasteiger partial charge in [-0.1, -0.05) is 30.3 Å². The molecule has 0 saturated heterocycles. The van der Waals surface area contributed by atoms with Gasteiger partial charge in [0.2, 0.25) is 0 Å². The number of carboxylic acid groups (broad SMARTS) is 2. The van der Waals surface area contributed by atoms with Crippen molar-refractivity contribution >= 4 is 11.9 Å². The van der Waals surface area contributed by atoms with Gasteiger partial charge in [0, 0.05) is 24.9 Å². The standard InChI is InChI=1S/C11H10N2O2.C2H4O2/c14-10(15)8-13-7-6-12-11(13)9-4-2-1-3-5-9;1-2(3)4/h1-7H,8H2,(H,14,15);1H3,(H,3,4). The zero-order valence-corrected chi connectivity index (χ0v) is 10.4. The maximum Gasteiger partial charge on any atom is 0.323 e. The fourth-order valence-corrected chi connectivity index (χ4v) is 1.43. The van der Waals surface area contributed by atoms with E-state index in [4.69, 9.17) is 15.0 Å². The number of carbonyl (C=O) groups is 2. The number of imidazole rings is 1. The molecule has 1 aromatic carbocycles. The van der Waals surface area contributed by atoms with Crippen molar-refractivity contribution in [3.05, 3.63) is 42.7 Å². The molecule has 0 aliphatic heterocycles. The van der Waals surface area contributed by atoms with Crippen molar-refractivity contribution in [3.8, 4) is 11.4 Å². The molecule has 0 aliphatic rings. The molecule has 0 bridgehead atoms. The smallest absolute Gasteiger partial charge is 0.323 e. The van der Waals surface area contributed by atoms with Gasteiger partial charge in [-0.15, -0.1) is 0 Å². The van der Waals surface area contributed by atoms with Crippen LogP contribution >= 0.6 is 0 Å². The number of aliphatic carboxylic acids is 2. The lowest BCUT2D eigenvalue weighted by Crippen LogP contribution is -2.08. The van der Waals surface area contributed by atoms with Gasteiger partial charge >= 0.3 is 5.97 Å². The van der Waals surface area contributed by atoms with E-state index in [1.807, 2.05) is 30.3 Å². The molecule has 6 nitrogen and oxygen atoms in total. The topological polar surface area (TPSA) is 92.4 Å². The summed E-state index contributed by atoms with van der Waals surface area (Å²) in [4.78, 5) is 23.7. The molecular weight excluding hydrogens is 248 g/mol. The molecular formula is C13H14N2O4. The minimum absolute atomic E-state index is 0.0653. The second-order valence-electron chi connectivity index (χ2n) is 3.66. The van der Waals surface area contributed by atoms with Crippen LogP contribution in [0.2, 0.25) is 0 Å². The highest BCUT2D eigenvalue weighted by molar-refractivity contribution is 5.68. The lowest BCUT2D eigenvalue weighted by atomic mass is 10.2. The molecule has 1 heterocycles. The Morgan fingerprint density at radius 3 is 2.32 bits per heavy atom. The summed E-state index contributed by atoms with van der Waals surface area (Å²) < 4.78 is 1.61. The van der Waals surface area contributed by atoms with Crippen molar-refractivity contribution in [2.75, 3.05) is 0 Å². The van der Waals surface area contributed by atoms with Crippen molar-refractivity contribution in [2.45, 2.75) is 13.5 Å². The summed E-state index contributed by atoms with van der Waals surface area (Å²) in [6, 6.07) is 9.51. The van der Waals surface area contributed by atoms with Gasteiger partial charge in [-0.3, -0.25) is 9.59 Å². The molecule has 0 amide bonds. The van der Waals surface area contributed by atoms with Gasteiger partial charge in [-0.25, -0.2) is 4.98 Å². The number of nitrogens with zero attached hydrogens (tertiary/aromatic N) is 2. The molecule has 0 saturated carbocycles. The molecule has 0 aliphatic carbocycles. The highest BCUT2D eigenvalue weighted by Crippen LogP contribution is 2.16. The molecule has 0 fully saturated rings. The number of hydrogen-bond donors (Lipinski definition) is 2. The highest BCUT2D eigenvalue weighted by Gasteiger charge is 2.07. The van der Waals surface area contributed by atoms with Gasteiger partial charge in [0.05, 0.1) is 0 Å². The molecule has 2 rings (SSSR count). The first kappa shape index (κ1) is 14.4. The third-order valence-electron chi connectivity index (χ3n) is 2.05. The van der Waals surface area contributed by atoms with Crippen LogP contribution in [0.3, 0.4) is 0 Å². The van der Waals surface area contributed by atoms with Crippen LogP contribution in [0, 0.1) is 0 Å². The van der Waals surface area contributed by atoms with E-state index in [0.717, 1.165) is 12.5 Å². The maximum absolute atomic E-state index is 10.6. The van der Waals surface area contributed by atoms with Crippen LogP contribution in [0.1, 0.15) is 6.92 Å². The van der Waals surface area contributed by atoms with Gasteiger partial charge in [0.15, 0.2) is 0 Å². The number of aromatic nitrogens is 2. The molecule has 1 aromatic heterocycles. The van der Waals surface area contributed by atoms with E-state index >= 15 is 0 Å². The van der Waals surface area contributed by atoms with E-state index in [-0.39, 0.29) is 6.54 Å². The molecule has 0 spiro atoms. The average Bonchev–Trinajstić information content (AvgIpc) is 2.76. The van der Waals surface area contributed by atoms with Crippen LogP contribution < -0.4 is 0 Å². The molecule has 0 unspecified atom stereocenters. The van der Waals surface area contributed by atoms with Gasteiger partial charge in [-0.2, -0.15) is 0 Å². The summed E-state index contributed by atoms with van der Waals surface area (Å²) in [6.07, 6.45) is 3.27. The van der Waals surface area contributed by atoms with E-state index in [2.05, 4.69) is 4.98 Å². The average molecular weight is 262 g/mol. The van der Waals surface area contributed by atoms with Crippen LogP contribution in [0.4, 0.5) is 0 Å². The Balaban J connectivity index is 0.000000399. The molecule has 0 atom stereocenters. The van der Waals surface area contributed by atoms with Crippen molar-refractivity contribution in [2.24, 2.45) is 0 Å². The minimum atomic E-state index is -0.870. The third-order valence-corrected chi connectivity index (χ3v) is 2.05. The summed E-state index contributed by atoms with van der Waals surface area (Å²) in [5.41, 5.74) is 0.920. The second-order valence-corrected chi connectivity index (χ2v) is 3.66. The van der Waals surface area contributed by atoms with Crippen molar-refractivity contribution in [1.29, 1.82) is 0 Å². The number of carboxylic acids is 2. The Morgan fingerprint density at radius 1 is 1.21 bits per heavy atom. The molecule has 100 valence electrons. The van der Waals surface area contributed by atoms with E-state index in [1.165, 1.54) is 0 Å². The number of benzene rings is 1. The Hall–Kier alpha value is -2.63. The lowest BCUT2D eigenvalue weighted by Gasteiger charge is -2.04. The fourth-order valence-electron chi connectivity index (χ4n) is 1.43. The van der Waals surface area contributed by atoms with Gasteiger partial charge in [0.25, 0.3) is 5.97 Å². The molecule has 6 heteroatoms. The Bertz CT molecular complexity index is 545. The van der Waals surface area contributed by atoms with E-state index in [1.54, 1.807) is 17.0 Å². The minimum Gasteiger partial charge on any atom is -0.481 e. The highest BCUT2D eigenvalue weighted by atomic mass is 16.4. The fraction of sp³-hybridized carbons (Fsp3) is 0.154. The van der Waals surface area contributed by atoms with Crippen LogP contribution in [0.15, 0.2) is 42.7 Å². The molecule has 2 aromatic rings. The van der Waals surface area contributed by atoms with Crippen LogP contribution in [0.25, 0.3) is 11.4 Å². The van der Waals surface area contributed by atoms with Crippen molar-refractivity contribution in [1.82, 2.24) is 9.55 Å². The van der Waals surface area contributed by atoms with Gasteiger partial charge in [0.1, 0.15) is 12.4 Å². The number of rotatable bonds is 3. The summed E-state index contributed by atoms with van der Waals surface area (Å²) in [6.45, 7) is 1.02. The molecule has 0 radical (unpaired) electrons. The van der Waals surface area contributed by atoms with E-state index < -0.39 is 11.9 Å². The first-order chi connectivity index (χ1) is 9.00. The molecule has 19 heavy (non-hydrogen) atoms. The Kier molecular flexibility index (Phi) is 5.28. The van der Waals surface area contributed by atoms with Crippen molar-refractivity contribution < 1.29 is 19.8 Å². The monoisotopic (exact) mass is 262 g/mol. The normalized spacial score (nSPS) is 9.32. The predicted octanol–water partition coefficient (Wildman–Crippen LogP) is 1.73. The quantitative estimate of drug-likeness (QED) is 0.878. The van der Waals surface area contributed by atoms with Crippen LogP contribution in [-0.4, -0.2) is 31.7 Å². The van der Waals surface area contributed by atoms with E-state index in [9.17, 15) is 4.79 Å². The van der Waals surface area contributed by atoms with Crippen LogP contribution in [0.5, 0.6) is 0 Å². The zero-order chi connectivity index (χ0) is 14.3. The lowest BCUT2D eigenvalue weighted by molar-refractivity contribution is -0.137. The molecule has 2 N–H and O–H groups in total. The first-order valence-corrected chi connectivity index (χ1v) is 5.48. The third kappa shape index (κ3) is 5.03. The Labute approximate surface area is 110 Å². The largest absolute Gasteiger partial charge is 0.481 e. The maximum atomic E-state index is 10.6. The second kappa shape index (κ2) is 6.95. The Morgan fingerprint density at radius 2 is 1.79 bits per heavy atom. The van der Waals surface area contributed by atoms with Gasteiger partial charge < -0.3 is 14.8 Å². The summed E-state index contributed by atoms with van der Waals surface area (Å²) in [7, 11) is 0. The SMILES string of the molecule is CC(=O)O.O=C(O)Cn1ccnc1-c1ccccc1. The van der Waals surface area contributed by atoms with E-state index in [0.29, 0.717) is 5.82 Å². The summed E-state index contributed by atoms with van der Waals surface area (Å²) in [5, 5.41) is 16.1. The summed E-state index contributed by atoms with van der Waals surface area (Å²) in [5.74, 6) is -1.02. The first-order valence-electron chi connectivity index (χ1n) is 5.48. The zero-order valence-electron chi connectivity index (χ0n) is 10.4. The van der Waals surface area contributed by atoms with Gasteiger partial charge in [-0.05, 0) is 0 Å². The summed E-state index contributed by atoms with van der Waals surface area (Å²) >= 11 is 0.